The molecule has 1 N–H and O–H groups in total. The molecule has 1 aliphatic rings. The highest BCUT2D eigenvalue weighted by molar-refractivity contribution is 5.90. The van der Waals surface area contributed by atoms with Crippen LogP contribution in [0.15, 0.2) is 41.5 Å². The second-order valence-corrected chi connectivity index (χ2v) is 6.41. The summed E-state index contributed by atoms with van der Waals surface area (Å²) in [6, 6.07) is 7.89. The SMILES string of the molecule is CCC1CCCCN1c1nc2nccc(-c3ccccn3)c2c(=O)[nH]1. The van der Waals surface area contributed by atoms with E-state index in [4.69, 9.17) is 0 Å². The van der Waals surface area contributed by atoms with Gasteiger partial charge < -0.3 is 4.90 Å². The summed E-state index contributed by atoms with van der Waals surface area (Å²) >= 11 is 0. The Balaban J connectivity index is 1.85. The highest BCUT2D eigenvalue weighted by Gasteiger charge is 2.24. The van der Waals surface area contributed by atoms with Crippen LogP contribution in [0.3, 0.4) is 0 Å². The van der Waals surface area contributed by atoms with Crippen LogP contribution < -0.4 is 10.5 Å². The van der Waals surface area contributed by atoms with Crippen LogP contribution in [0.1, 0.15) is 32.6 Å². The van der Waals surface area contributed by atoms with Crippen molar-refractivity contribution in [2.24, 2.45) is 0 Å². The number of nitrogens with zero attached hydrogens (tertiary/aromatic N) is 4. The molecule has 1 saturated heterocycles. The molecule has 3 aromatic heterocycles. The summed E-state index contributed by atoms with van der Waals surface area (Å²) in [7, 11) is 0. The molecule has 128 valence electrons. The lowest BCUT2D eigenvalue weighted by Crippen LogP contribution is -2.41. The number of rotatable bonds is 3. The van der Waals surface area contributed by atoms with E-state index in [1.54, 1.807) is 12.4 Å². The fourth-order valence-corrected chi connectivity index (χ4v) is 3.63. The quantitative estimate of drug-likeness (QED) is 0.796. The predicted molar refractivity (Wildman–Crippen MR) is 98.7 cm³/mol. The van der Waals surface area contributed by atoms with Crippen LogP contribution in [0, 0.1) is 0 Å². The average Bonchev–Trinajstić information content (AvgIpc) is 2.68. The number of nitrogens with one attached hydrogen (secondary N) is 1. The molecule has 1 unspecified atom stereocenters. The van der Waals surface area contributed by atoms with E-state index in [1.807, 2.05) is 24.3 Å². The van der Waals surface area contributed by atoms with Gasteiger partial charge in [-0.25, -0.2) is 4.98 Å². The highest BCUT2D eigenvalue weighted by atomic mass is 16.1. The summed E-state index contributed by atoms with van der Waals surface area (Å²) in [6.45, 7) is 3.10. The first-order valence-electron chi connectivity index (χ1n) is 8.85. The molecular formula is C19H21N5O. The van der Waals surface area contributed by atoms with E-state index in [1.165, 1.54) is 6.42 Å². The maximum absolute atomic E-state index is 12.8. The Morgan fingerprint density at radius 1 is 1.20 bits per heavy atom. The minimum atomic E-state index is -0.158. The molecule has 0 spiro atoms. The van der Waals surface area contributed by atoms with Crippen LogP contribution >= 0.6 is 0 Å². The molecule has 0 aromatic carbocycles. The Kier molecular flexibility index (Phi) is 4.17. The molecule has 1 atom stereocenters. The first-order chi connectivity index (χ1) is 12.3. The van der Waals surface area contributed by atoms with Crippen molar-refractivity contribution in [2.45, 2.75) is 38.6 Å². The Morgan fingerprint density at radius 2 is 2.12 bits per heavy atom. The minimum absolute atomic E-state index is 0.158. The third-order valence-electron chi connectivity index (χ3n) is 4.91. The number of aromatic amines is 1. The molecule has 6 heteroatoms. The fraction of sp³-hybridized carbons (Fsp3) is 0.368. The number of H-pyrrole nitrogens is 1. The molecule has 0 radical (unpaired) electrons. The van der Waals surface area contributed by atoms with Crippen molar-refractivity contribution >= 4 is 17.0 Å². The first-order valence-corrected chi connectivity index (χ1v) is 8.85. The molecular weight excluding hydrogens is 314 g/mol. The van der Waals surface area contributed by atoms with E-state index in [0.717, 1.165) is 37.1 Å². The largest absolute Gasteiger partial charge is 0.339 e. The van der Waals surface area contributed by atoms with E-state index >= 15 is 0 Å². The zero-order chi connectivity index (χ0) is 17.2. The monoisotopic (exact) mass is 335 g/mol. The molecule has 4 rings (SSSR count). The van der Waals surface area contributed by atoms with E-state index in [2.05, 4.69) is 31.8 Å². The van der Waals surface area contributed by atoms with Crippen LogP contribution in [0.25, 0.3) is 22.3 Å². The summed E-state index contributed by atoms with van der Waals surface area (Å²) in [4.78, 5) is 31.4. The Morgan fingerprint density at radius 3 is 2.92 bits per heavy atom. The van der Waals surface area contributed by atoms with Crippen molar-refractivity contribution < 1.29 is 0 Å². The first kappa shape index (κ1) is 15.7. The van der Waals surface area contributed by atoms with Crippen molar-refractivity contribution in [2.75, 3.05) is 11.4 Å². The van der Waals surface area contributed by atoms with Gasteiger partial charge in [0.15, 0.2) is 5.65 Å². The minimum Gasteiger partial charge on any atom is -0.339 e. The molecule has 25 heavy (non-hydrogen) atoms. The van der Waals surface area contributed by atoms with Gasteiger partial charge in [-0.2, -0.15) is 4.98 Å². The van der Waals surface area contributed by atoms with Crippen LogP contribution in [-0.2, 0) is 0 Å². The van der Waals surface area contributed by atoms with Gasteiger partial charge in [-0.15, -0.1) is 0 Å². The fourth-order valence-electron chi connectivity index (χ4n) is 3.63. The van der Waals surface area contributed by atoms with E-state index in [9.17, 15) is 4.79 Å². The Labute approximate surface area is 146 Å². The maximum Gasteiger partial charge on any atom is 0.262 e. The molecule has 1 aliphatic heterocycles. The topological polar surface area (TPSA) is 74.8 Å². The van der Waals surface area contributed by atoms with Crippen LogP contribution in [0.4, 0.5) is 5.95 Å². The van der Waals surface area contributed by atoms with Crippen molar-refractivity contribution in [1.29, 1.82) is 0 Å². The molecule has 1 fully saturated rings. The third-order valence-corrected chi connectivity index (χ3v) is 4.91. The number of fused-ring (bicyclic) bond motifs is 1. The summed E-state index contributed by atoms with van der Waals surface area (Å²) < 4.78 is 0. The van der Waals surface area contributed by atoms with Gasteiger partial charge >= 0.3 is 0 Å². The number of hydrogen-bond donors (Lipinski definition) is 1. The standard InChI is InChI=1S/C19H21N5O/c1-2-13-7-4-6-12-24(13)19-22-17-16(18(25)23-19)14(9-11-21-17)15-8-3-5-10-20-15/h3,5,8-11,13H,2,4,6-7,12H2,1H3,(H,21,22,23,25). The summed E-state index contributed by atoms with van der Waals surface area (Å²) in [5, 5.41) is 0.495. The van der Waals surface area contributed by atoms with Crippen LogP contribution in [0.2, 0.25) is 0 Å². The lowest BCUT2D eigenvalue weighted by atomic mass is 10.0. The van der Waals surface area contributed by atoms with E-state index < -0.39 is 0 Å². The van der Waals surface area contributed by atoms with Crippen molar-refractivity contribution in [3.05, 3.63) is 47.0 Å². The van der Waals surface area contributed by atoms with Gasteiger partial charge in [0.2, 0.25) is 5.95 Å². The number of aromatic nitrogens is 4. The van der Waals surface area contributed by atoms with E-state index in [0.29, 0.717) is 23.0 Å². The average molecular weight is 335 g/mol. The second kappa shape index (κ2) is 6.63. The van der Waals surface area contributed by atoms with E-state index in [-0.39, 0.29) is 5.56 Å². The zero-order valence-corrected chi connectivity index (χ0v) is 14.3. The van der Waals surface area contributed by atoms with Gasteiger partial charge in [0, 0.05) is 30.5 Å². The van der Waals surface area contributed by atoms with Crippen LogP contribution in [0.5, 0.6) is 0 Å². The normalized spacial score (nSPS) is 17.8. The van der Waals surface area contributed by atoms with Crippen molar-refractivity contribution in [3.8, 4) is 11.3 Å². The molecule has 0 saturated carbocycles. The predicted octanol–water partition coefficient (Wildman–Crippen LogP) is 3.15. The lowest BCUT2D eigenvalue weighted by Gasteiger charge is -2.35. The smallest absolute Gasteiger partial charge is 0.262 e. The molecule has 0 bridgehead atoms. The molecule has 3 aromatic rings. The third kappa shape index (κ3) is 2.88. The molecule has 0 amide bonds. The lowest BCUT2D eigenvalue weighted by molar-refractivity contribution is 0.443. The van der Waals surface area contributed by atoms with Gasteiger partial charge in [0.25, 0.3) is 5.56 Å². The number of piperidine rings is 1. The van der Waals surface area contributed by atoms with Crippen molar-refractivity contribution in [3.63, 3.8) is 0 Å². The number of pyridine rings is 2. The summed E-state index contributed by atoms with van der Waals surface area (Å²) in [6.07, 6.45) is 7.95. The Bertz CT molecular complexity index is 937. The second-order valence-electron chi connectivity index (χ2n) is 6.41. The zero-order valence-electron chi connectivity index (χ0n) is 14.3. The van der Waals surface area contributed by atoms with Gasteiger partial charge in [0.05, 0.1) is 11.1 Å². The number of anilines is 1. The molecule has 4 heterocycles. The van der Waals surface area contributed by atoms with Gasteiger partial charge in [0.1, 0.15) is 0 Å². The maximum atomic E-state index is 12.8. The molecule has 0 aliphatic carbocycles. The summed E-state index contributed by atoms with van der Waals surface area (Å²) in [5.41, 5.74) is 1.83. The van der Waals surface area contributed by atoms with Gasteiger partial charge in [-0.3, -0.25) is 14.8 Å². The summed E-state index contributed by atoms with van der Waals surface area (Å²) in [5.74, 6) is 0.634. The van der Waals surface area contributed by atoms with Crippen LogP contribution in [-0.4, -0.2) is 32.5 Å². The van der Waals surface area contributed by atoms with Gasteiger partial charge in [-0.1, -0.05) is 13.0 Å². The highest BCUT2D eigenvalue weighted by Crippen LogP contribution is 2.26. The van der Waals surface area contributed by atoms with Crippen molar-refractivity contribution in [1.82, 2.24) is 19.9 Å². The Hall–Kier alpha value is -2.76. The van der Waals surface area contributed by atoms with Gasteiger partial charge in [-0.05, 0) is 43.9 Å². The number of hydrogen-bond acceptors (Lipinski definition) is 5. The molecule has 6 nitrogen and oxygen atoms in total.